The first-order valence-corrected chi connectivity index (χ1v) is 13.1. The number of hydrogen-bond acceptors (Lipinski definition) is 5. The van der Waals surface area contributed by atoms with Gasteiger partial charge in [-0.3, -0.25) is 0 Å². The zero-order chi connectivity index (χ0) is 23.9. The number of halogens is 2. The van der Waals surface area contributed by atoms with Gasteiger partial charge in [0.2, 0.25) is 10.0 Å². The first-order chi connectivity index (χ1) is 16.3. The fraction of sp³-hybridized carbons (Fsp3) is 0.217. The number of anilines is 1. The Hall–Kier alpha value is -2.59. The number of benzene rings is 2. The van der Waals surface area contributed by atoms with E-state index in [4.69, 9.17) is 28.2 Å². The summed E-state index contributed by atoms with van der Waals surface area (Å²) in [5, 5.41) is 9.08. The Morgan fingerprint density at radius 1 is 1.03 bits per heavy atom. The zero-order valence-corrected chi connectivity index (χ0v) is 20.8. The molecule has 1 N–H and O–H groups in total. The molecular weight excluding hydrogens is 492 g/mol. The molecule has 7 nitrogen and oxygen atoms in total. The highest BCUT2D eigenvalue weighted by atomic mass is 35.5. The van der Waals surface area contributed by atoms with E-state index < -0.39 is 10.0 Å². The third-order valence-electron chi connectivity index (χ3n) is 6.04. The number of fused-ring (bicyclic) bond motifs is 1. The van der Waals surface area contributed by atoms with Crippen LogP contribution in [-0.2, 0) is 10.0 Å². The highest BCUT2D eigenvalue weighted by Crippen LogP contribution is 2.29. The maximum atomic E-state index is 13.0. The third-order valence-corrected chi connectivity index (χ3v) is 8.50. The quantitative estimate of drug-likeness (QED) is 0.414. The minimum Gasteiger partial charge on any atom is -0.367 e. The lowest BCUT2D eigenvalue weighted by Crippen LogP contribution is -2.42. The van der Waals surface area contributed by atoms with E-state index >= 15 is 0 Å². The summed E-state index contributed by atoms with van der Waals surface area (Å²) in [4.78, 5) is 5.00. The van der Waals surface area contributed by atoms with Gasteiger partial charge in [0.25, 0.3) is 0 Å². The smallest absolute Gasteiger partial charge is 0.243 e. The second kappa shape index (κ2) is 9.22. The van der Waals surface area contributed by atoms with Crippen molar-refractivity contribution in [1.82, 2.24) is 18.9 Å². The molecule has 174 valence electrons. The molecule has 0 aliphatic carbocycles. The summed E-state index contributed by atoms with van der Waals surface area (Å²) >= 11 is 12.4. The van der Waals surface area contributed by atoms with Crippen LogP contribution in [0.25, 0.3) is 16.9 Å². The van der Waals surface area contributed by atoms with Gasteiger partial charge in [0.1, 0.15) is 13.7 Å². The van der Waals surface area contributed by atoms with E-state index in [1.54, 1.807) is 28.9 Å². The van der Waals surface area contributed by atoms with Crippen LogP contribution in [0.1, 0.15) is 12.8 Å². The summed E-state index contributed by atoms with van der Waals surface area (Å²) in [5.74, 6) is 0.796. The van der Waals surface area contributed by atoms with E-state index in [0.29, 0.717) is 36.0 Å². The van der Waals surface area contributed by atoms with Crippen molar-refractivity contribution in [2.75, 3.05) is 18.4 Å². The molecule has 2 aromatic heterocycles. The molecule has 2 aromatic carbocycles. The summed E-state index contributed by atoms with van der Waals surface area (Å²) in [6.07, 6.45) is 3.10. The van der Waals surface area contributed by atoms with Crippen molar-refractivity contribution in [2.45, 2.75) is 23.8 Å². The Labute approximate surface area is 209 Å². The molecule has 1 fully saturated rings. The van der Waals surface area contributed by atoms with Crippen molar-refractivity contribution >= 4 is 58.0 Å². The van der Waals surface area contributed by atoms with Crippen molar-refractivity contribution in [2.24, 2.45) is 0 Å². The van der Waals surface area contributed by atoms with E-state index in [1.165, 1.54) is 10.4 Å². The van der Waals surface area contributed by atoms with Crippen LogP contribution < -0.4 is 10.8 Å². The van der Waals surface area contributed by atoms with Crippen molar-refractivity contribution < 1.29 is 8.42 Å². The second-order valence-electron chi connectivity index (χ2n) is 8.35. The summed E-state index contributed by atoms with van der Waals surface area (Å²) in [7, 11) is -1.61. The number of sulfonamides is 1. The lowest BCUT2D eigenvalue weighted by atomic mass is 10.0. The minimum absolute atomic E-state index is 0.0833. The largest absolute Gasteiger partial charge is 0.367 e. The molecular formula is C23H22BCl2N5O2S. The van der Waals surface area contributed by atoms with Gasteiger partial charge >= 0.3 is 0 Å². The van der Waals surface area contributed by atoms with Gasteiger partial charge in [-0.25, -0.2) is 13.4 Å². The highest BCUT2D eigenvalue weighted by Gasteiger charge is 2.30. The first kappa shape index (κ1) is 23.2. The van der Waals surface area contributed by atoms with Crippen LogP contribution in [0.3, 0.4) is 0 Å². The van der Waals surface area contributed by atoms with Gasteiger partial charge in [0.05, 0.1) is 10.6 Å². The molecule has 0 atom stereocenters. The molecule has 0 radical (unpaired) electrons. The van der Waals surface area contributed by atoms with Crippen molar-refractivity contribution in [3.63, 3.8) is 0 Å². The van der Waals surface area contributed by atoms with Crippen LogP contribution in [0.5, 0.6) is 0 Å². The summed E-state index contributed by atoms with van der Waals surface area (Å²) < 4.78 is 29.4. The number of nitrogens with zero attached hydrogens (tertiary/aromatic N) is 4. The molecule has 0 amide bonds. The molecule has 0 unspecified atom stereocenters. The van der Waals surface area contributed by atoms with Crippen LogP contribution in [0.2, 0.25) is 10.0 Å². The van der Waals surface area contributed by atoms with Gasteiger partial charge in [-0.05, 0) is 42.6 Å². The Morgan fingerprint density at radius 2 is 1.79 bits per heavy atom. The van der Waals surface area contributed by atoms with Gasteiger partial charge in [-0.15, -0.1) is 0 Å². The molecule has 0 saturated carbocycles. The van der Waals surface area contributed by atoms with Crippen molar-refractivity contribution in [3.05, 3.63) is 70.8 Å². The van der Waals surface area contributed by atoms with E-state index in [1.807, 2.05) is 38.2 Å². The van der Waals surface area contributed by atoms with Crippen LogP contribution in [0, 0.1) is 0 Å². The fourth-order valence-corrected chi connectivity index (χ4v) is 6.21. The minimum atomic E-state index is -3.58. The van der Waals surface area contributed by atoms with Crippen LogP contribution in [0.4, 0.5) is 5.82 Å². The Balaban J connectivity index is 1.38. The van der Waals surface area contributed by atoms with Crippen molar-refractivity contribution in [3.8, 4) is 11.3 Å². The predicted octanol–water partition coefficient (Wildman–Crippen LogP) is 3.23. The standard InChI is InChI=1S/C23H22BCl2N5O2S/c24-19-14-27-31-22(13-21(29-23(19)31)18-6-1-2-7-20(18)26)28-16-8-10-30(11-9-16)34(32,33)17-5-3-4-15(25)12-17/h1-7,12-14,16,28H,8-11,24H2. The van der Waals surface area contributed by atoms with Crippen LogP contribution in [-0.4, -0.2) is 54.3 Å². The molecule has 4 aromatic rings. The van der Waals surface area contributed by atoms with E-state index in [9.17, 15) is 8.42 Å². The second-order valence-corrected chi connectivity index (χ2v) is 11.1. The molecule has 1 saturated heterocycles. The summed E-state index contributed by atoms with van der Waals surface area (Å²) in [6.45, 7) is 0.826. The van der Waals surface area contributed by atoms with E-state index in [-0.39, 0.29) is 10.9 Å². The lowest BCUT2D eigenvalue weighted by Gasteiger charge is -2.32. The molecule has 5 rings (SSSR count). The monoisotopic (exact) mass is 513 g/mol. The summed E-state index contributed by atoms with van der Waals surface area (Å²) in [5.41, 5.74) is 3.31. The topological polar surface area (TPSA) is 79.6 Å². The third kappa shape index (κ3) is 4.41. The molecule has 11 heteroatoms. The molecule has 0 bridgehead atoms. The Bertz CT molecular complexity index is 1470. The predicted molar refractivity (Wildman–Crippen MR) is 138 cm³/mol. The lowest BCUT2D eigenvalue weighted by molar-refractivity contribution is 0.329. The maximum Gasteiger partial charge on any atom is 0.243 e. The van der Waals surface area contributed by atoms with Crippen LogP contribution >= 0.6 is 23.2 Å². The molecule has 34 heavy (non-hydrogen) atoms. The van der Waals surface area contributed by atoms with Crippen LogP contribution in [0.15, 0.2) is 65.7 Å². The Kier molecular flexibility index (Phi) is 6.29. The number of piperidine rings is 1. The number of rotatable bonds is 5. The molecule has 3 heterocycles. The molecule has 1 aliphatic heterocycles. The fourth-order valence-electron chi connectivity index (χ4n) is 4.21. The number of aromatic nitrogens is 3. The average molecular weight is 514 g/mol. The maximum absolute atomic E-state index is 13.0. The summed E-state index contributed by atoms with van der Waals surface area (Å²) in [6, 6.07) is 16.0. The molecule has 1 aliphatic rings. The van der Waals surface area contributed by atoms with Gasteiger partial charge in [-0.1, -0.05) is 47.5 Å². The molecule has 0 spiro atoms. The van der Waals surface area contributed by atoms with Gasteiger partial charge < -0.3 is 5.32 Å². The Morgan fingerprint density at radius 3 is 2.53 bits per heavy atom. The van der Waals surface area contributed by atoms with Crippen molar-refractivity contribution in [1.29, 1.82) is 0 Å². The van der Waals surface area contributed by atoms with Gasteiger partial charge in [-0.2, -0.15) is 13.9 Å². The van der Waals surface area contributed by atoms with Gasteiger partial charge in [0, 0.05) is 47.0 Å². The van der Waals surface area contributed by atoms with E-state index in [0.717, 1.165) is 28.2 Å². The number of nitrogens with one attached hydrogen (secondary N) is 1. The van der Waals surface area contributed by atoms with E-state index in [2.05, 4.69) is 10.4 Å². The van der Waals surface area contributed by atoms with Gasteiger partial charge in [0.15, 0.2) is 5.65 Å². The SMILES string of the molecule is Bc1cnn2c(NC3CCN(S(=O)(=O)c4cccc(Cl)c4)CC3)cc(-c3ccccc3Cl)nc12. The zero-order valence-electron chi connectivity index (χ0n) is 18.4. The number of hydrogen-bond donors (Lipinski definition) is 1. The first-order valence-electron chi connectivity index (χ1n) is 11.0. The average Bonchev–Trinajstić information content (AvgIpc) is 3.21. The normalized spacial score (nSPS) is 15.6. The highest BCUT2D eigenvalue weighted by molar-refractivity contribution is 7.89.